The number of hydrogen-bond donors (Lipinski definition) is 0. The highest BCUT2D eigenvalue weighted by Gasteiger charge is 2.27. The maximum atomic E-state index is 12.0. The van der Waals surface area contributed by atoms with Gasteiger partial charge in [0.1, 0.15) is 6.54 Å². The molecule has 0 spiro atoms. The molecule has 0 unspecified atom stereocenters. The molecule has 3 aromatic rings. The van der Waals surface area contributed by atoms with Crippen molar-refractivity contribution >= 4 is 28.2 Å². The predicted molar refractivity (Wildman–Crippen MR) is 63.3 cm³/mol. The second kappa shape index (κ2) is 3.55. The van der Waals surface area contributed by atoms with E-state index in [1.54, 1.807) is 28.7 Å². The number of pyridine rings is 1. The third kappa shape index (κ3) is 1.25. The van der Waals surface area contributed by atoms with Crippen molar-refractivity contribution in [2.45, 2.75) is 18.1 Å². The van der Waals surface area contributed by atoms with Gasteiger partial charge in [-0.05, 0) is 29.3 Å². The molecule has 7 heteroatoms. The van der Waals surface area contributed by atoms with Crippen molar-refractivity contribution in [2.24, 2.45) is 0 Å². The quantitative estimate of drug-likeness (QED) is 0.537. The van der Waals surface area contributed by atoms with Crippen LogP contribution < -0.4 is 9.79 Å². The number of aromatic nitrogens is 5. The van der Waals surface area contributed by atoms with Gasteiger partial charge in [0.15, 0.2) is 0 Å². The Morgan fingerprint density at radius 2 is 2.33 bits per heavy atom. The first-order chi connectivity index (χ1) is 8.84. The van der Waals surface area contributed by atoms with Crippen molar-refractivity contribution in [3.8, 4) is 5.88 Å². The van der Waals surface area contributed by atoms with Gasteiger partial charge in [-0.15, -0.1) is 4.68 Å². The SMILES string of the molecule is [O-]c1nn2c3[n+](nc2c2ccncc12)CCCS3. The van der Waals surface area contributed by atoms with E-state index < -0.39 is 0 Å². The molecule has 0 amide bonds. The highest BCUT2D eigenvalue weighted by atomic mass is 32.2. The Morgan fingerprint density at radius 3 is 3.28 bits per heavy atom. The lowest BCUT2D eigenvalue weighted by atomic mass is 10.2. The van der Waals surface area contributed by atoms with E-state index in [1.165, 1.54) is 0 Å². The minimum absolute atomic E-state index is 0.252. The van der Waals surface area contributed by atoms with Gasteiger partial charge in [-0.1, -0.05) is 9.61 Å². The van der Waals surface area contributed by atoms with Gasteiger partial charge in [-0.25, -0.2) is 0 Å². The van der Waals surface area contributed by atoms with E-state index >= 15 is 0 Å². The molecule has 1 aliphatic heterocycles. The Bertz CT molecular complexity index is 769. The summed E-state index contributed by atoms with van der Waals surface area (Å²) in [6.45, 7) is 0.881. The monoisotopic (exact) mass is 259 g/mol. The minimum atomic E-state index is -0.252. The van der Waals surface area contributed by atoms with Gasteiger partial charge in [0.05, 0.1) is 5.39 Å². The van der Waals surface area contributed by atoms with Gasteiger partial charge in [0, 0.05) is 29.4 Å². The Hall–Kier alpha value is -1.89. The van der Waals surface area contributed by atoms with Crippen LogP contribution in [0.15, 0.2) is 23.6 Å². The number of thioether (sulfide) groups is 1. The normalized spacial score (nSPS) is 15.1. The topological polar surface area (TPSA) is 70.0 Å². The molecule has 4 heterocycles. The first-order valence-electron chi connectivity index (χ1n) is 5.71. The van der Waals surface area contributed by atoms with E-state index in [0.29, 0.717) is 5.39 Å². The molecule has 6 nitrogen and oxygen atoms in total. The summed E-state index contributed by atoms with van der Waals surface area (Å²) in [6, 6.07) is 1.82. The van der Waals surface area contributed by atoms with Crippen LogP contribution in [0.25, 0.3) is 16.4 Å². The molecule has 0 saturated carbocycles. The molecule has 0 aliphatic carbocycles. The molecule has 0 saturated heterocycles. The summed E-state index contributed by atoms with van der Waals surface area (Å²) in [7, 11) is 0. The van der Waals surface area contributed by atoms with Gasteiger partial charge >= 0.3 is 5.16 Å². The molecule has 1 aliphatic rings. The van der Waals surface area contributed by atoms with Crippen LogP contribution >= 0.6 is 11.8 Å². The number of nitrogens with zero attached hydrogens (tertiary/aromatic N) is 5. The van der Waals surface area contributed by atoms with Crippen LogP contribution in [-0.4, -0.2) is 25.4 Å². The highest BCUT2D eigenvalue weighted by molar-refractivity contribution is 7.99. The fraction of sp³-hybridized carbons (Fsp3) is 0.273. The third-order valence-corrected chi connectivity index (χ3v) is 4.18. The maximum absolute atomic E-state index is 12.0. The Balaban J connectivity index is 2.20. The molecular formula is C11H9N5OS. The molecule has 4 rings (SSSR count). The van der Waals surface area contributed by atoms with Crippen molar-refractivity contribution < 1.29 is 9.79 Å². The zero-order chi connectivity index (χ0) is 12.1. The standard InChI is InChI=1S/C11H9N5OS/c17-10-8-6-12-3-2-7(8)9-13-15-4-1-5-18-11(15)16(9)14-10/h2-3,6H,1,4-5H2. The Kier molecular flexibility index (Phi) is 1.99. The molecule has 0 atom stereocenters. The summed E-state index contributed by atoms with van der Waals surface area (Å²) in [5, 5.41) is 22.9. The summed E-state index contributed by atoms with van der Waals surface area (Å²) in [5.41, 5.74) is 0.733. The highest BCUT2D eigenvalue weighted by Crippen LogP contribution is 2.26. The molecule has 3 aromatic heterocycles. The summed E-state index contributed by atoms with van der Waals surface area (Å²) >= 11 is 1.69. The lowest BCUT2D eigenvalue weighted by Gasteiger charge is -2.06. The lowest BCUT2D eigenvalue weighted by Crippen LogP contribution is -2.40. The summed E-state index contributed by atoms with van der Waals surface area (Å²) in [5.74, 6) is 0.787. The first-order valence-corrected chi connectivity index (χ1v) is 6.69. The second-order valence-corrected chi connectivity index (χ2v) is 5.23. The third-order valence-electron chi connectivity index (χ3n) is 3.05. The van der Waals surface area contributed by atoms with Gasteiger partial charge in [0.2, 0.25) is 0 Å². The first kappa shape index (κ1) is 10.1. The van der Waals surface area contributed by atoms with E-state index in [2.05, 4.69) is 15.2 Å². The molecular weight excluding hydrogens is 250 g/mol. The van der Waals surface area contributed by atoms with Gasteiger partial charge in [0.25, 0.3) is 5.65 Å². The van der Waals surface area contributed by atoms with E-state index in [-0.39, 0.29) is 5.88 Å². The number of aryl methyl sites for hydroxylation is 1. The van der Waals surface area contributed by atoms with Crippen LogP contribution in [0.1, 0.15) is 6.42 Å². The fourth-order valence-corrected chi connectivity index (χ4v) is 3.21. The second-order valence-electron chi connectivity index (χ2n) is 4.17. The van der Waals surface area contributed by atoms with Crippen molar-refractivity contribution in [1.82, 2.24) is 19.7 Å². The number of rotatable bonds is 0. The van der Waals surface area contributed by atoms with E-state index in [0.717, 1.165) is 34.9 Å². The zero-order valence-electron chi connectivity index (χ0n) is 9.41. The Morgan fingerprint density at radius 1 is 1.39 bits per heavy atom. The van der Waals surface area contributed by atoms with Crippen LogP contribution in [0, 0.1) is 0 Å². The summed E-state index contributed by atoms with van der Waals surface area (Å²) in [4.78, 5) is 3.97. The zero-order valence-corrected chi connectivity index (χ0v) is 10.2. The van der Waals surface area contributed by atoms with Crippen LogP contribution in [0.5, 0.6) is 5.88 Å². The largest absolute Gasteiger partial charge is 0.856 e. The van der Waals surface area contributed by atoms with Crippen molar-refractivity contribution in [2.75, 3.05) is 5.75 Å². The van der Waals surface area contributed by atoms with Crippen LogP contribution in [0.3, 0.4) is 0 Å². The molecule has 0 fully saturated rings. The number of hydrogen-bond acceptors (Lipinski definition) is 5. The van der Waals surface area contributed by atoms with Crippen molar-refractivity contribution in [1.29, 1.82) is 0 Å². The van der Waals surface area contributed by atoms with Crippen molar-refractivity contribution in [3.05, 3.63) is 18.5 Å². The molecule has 0 aromatic carbocycles. The molecule has 18 heavy (non-hydrogen) atoms. The Labute approximate surface area is 106 Å². The summed E-state index contributed by atoms with van der Waals surface area (Å²) in [6.07, 6.45) is 4.32. The van der Waals surface area contributed by atoms with E-state index in [1.807, 2.05) is 10.7 Å². The average molecular weight is 259 g/mol. The molecule has 90 valence electrons. The minimum Gasteiger partial charge on any atom is -0.856 e. The molecule has 0 N–H and O–H groups in total. The predicted octanol–water partition coefficient (Wildman–Crippen LogP) is 0.134. The van der Waals surface area contributed by atoms with Gasteiger partial charge in [-0.3, -0.25) is 4.98 Å². The number of fused-ring (bicyclic) bond motifs is 5. The fourth-order valence-electron chi connectivity index (χ4n) is 2.22. The van der Waals surface area contributed by atoms with Crippen LogP contribution in [0.2, 0.25) is 0 Å². The van der Waals surface area contributed by atoms with Crippen LogP contribution in [-0.2, 0) is 6.54 Å². The molecule has 0 bridgehead atoms. The smallest absolute Gasteiger partial charge is 0.366 e. The average Bonchev–Trinajstić information content (AvgIpc) is 2.78. The van der Waals surface area contributed by atoms with E-state index in [9.17, 15) is 5.11 Å². The van der Waals surface area contributed by atoms with Crippen molar-refractivity contribution in [3.63, 3.8) is 0 Å². The molecule has 0 radical (unpaired) electrons. The van der Waals surface area contributed by atoms with Gasteiger partial charge in [-0.2, -0.15) is 0 Å². The van der Waals surface area contributed by atoms with Gasteiger partial charge < -0.3 is 5.11 Å². The summed E-state index contributed by atoms with van der Waals surface area (Å²) < 4.78 is 3.59. The lowest BCUT2D eigenvalue weighted by molar-refractivity contribution is -0.786. The van der Waals surface area contributed by atoms with E-state index in [4.69, 9.17) is 0 Å². The van der Waals surface area contributed by atoms with Crippen LogP contribution in [0.4, 0.5) is 0 Å². The maximum Gasteiger partial charge on any atom is 0.366 e.